The Morgan fingerprint density at radius 3 is 3.00 bits per heavy atom. The predicted octanol–water partition coefficient (Wildman–Crippen LogP) is 1.80. The van der Waals surface area contributed by atoms with Gasteiger partial charge in [0, 0.05) is 31.6 Å². The number of ether oxygens (including phenoxy) is 1. The summed E-state index contributed by atoms with van der Waals surface area (Å²) >= 11 is 1.39. The molecule has 9 heteroatoms. The molecule has 7 nitrogen and oxygen atoms in total. The summed E-state index contributed by atoms with van der Waals surface area (Å²) < 4.78 is 33.2. The van der Waals surface area contributed by atoms with Crippen molar-refractivity contribution in [3.63, 3.8) is 0 Å². The van der Waals surface area contributed by atoms with Gasteiger partial charge in [0.05, 0.1) is 16.5 Å². The fraction of sp³-hybridized carbons (Fsp3) is 0.444. The molecule has 0 aliphatic carbocycles. The largest absolute Gasteiger partial charge is 0.377 e. The highest BCUT2D eigenvalue weighted by Crippen LogP contribution is 2.24. The van der Waals surface area contributed by atoms with Crippen molar-refractivity contribution < 1.29 is 17.9 Å². The number of amides is 1. The molecule has 1 N–H and O–H groups in total. The van der Waals surface area contributed by atoms with E-state index in [1.54, 1.807) is 34.0 Å². The topological polar surface area (TPSA) is 88.6 Å². The van der Waals surface area contributed by atoms with Gasteiger partial charge in [0.15, 0.2) is 0 Å². The Hall–Kier alpha value is -1.81. The molecule has 1 aromatic heterocycles. The third-order valence-corrected chi connectivity index (χ3v) is 6.97. The molecule has 1 fully saturated rings. The van der Waals surface area contributed by atoms with Crippen LogP contribution in [0.1, 0.15) is 34.5 Å². The number of aromatic nitrogens is 1. The van der Waals surface area contributed by atoms with Crippen LogP contribution in [0.5, 0.6) is 0 Å². The highest BCUT2D eigenvalue weighted by atomic mass is 32.2. The van der Waals surface area contributed by atoms with Crippen molar-refractivity contribution in [3.8, 4) is 0 Å². The van der Waals surface area contributed by atoms with Gasteiger partial charge in [-0.25, -0.2) is 18.1 Å². The van der Waals surface area contributed by atoms with Crippen molar-refractivity contribution in [1.29, 1.82) is 0 Å². The van der Waals surface area contributed by atoms with Crippen LogP contribution in [0.4, 0.5) is 0 Å². The molecule has 2 aliphatic rings. The quantitative estimate of drug-likeness (QED) is 0.816. The van der Waals surface area contributed by atoms with Crippen LogP contribution in [0.2, 0.25) is 0 Å². The van der Waals surface area contributed by atoms with Crippen LogP contribution < -0.4 is 4.72 Å². The van der Waals surface area contributed by atoms with Crippen LogP contribution in [-0.4, -0.2) is 50.0 Å². The van der Waals surface area contributed by atoms with E-state index in [0.717, 1.165) is 24.0 Å². The Bertz CT molecular complexity index is 922. The van der Waals surface area contributed by atoms with Gasteiger partial charge in [-0.15, -0.1) is 11.3 Å². The summed E-state index contributed by atoms with van der Waals surface area (Å²) in [6.07, 6.45) is 2.44. The molecule has 1 atom stereocenters. The molecule has 27 heavy (non-hydrogen) atoms. The van der Waals surface area contributed by atoms with E-state index in [0.29, 0.717) is 38.4 Å². The number of benzene rings is 1. The number of sulfonamides is 1. The monoisotopic (exact) mass is 407 g/mol. The maximum absolute atomic E-state index is 12.6. The molecule has 1 saturated heterocycles. The number of hydrogen-bond donors (Lipinski definition) is 1. The van der Waals surface area contributed by atoms with Crippen molar-refractivity contribution in [2.45, 2.75) is 36.8 Å². The van der Waals surface area contributed by atoms with E-state index < -0.39 is 10.0 Å². The standard InChI is InChI=1S/C18H21N3O4S2/c22-18(17-11-26-12-19-17)21-6-5-13-8-16(4-3-14(13)10-21)27(23,24)20-9-15-2-1-7-25-15/h3-4,8,11-12,15,20H,1-2,5-7,9-10H2. The molecule has 1 amide bonds. The van der Waals surface area contributed by atoms with Gasteiger partial charge in [0.25, 0.3) is 5.91 Å². The molecule has 0 radical (unpaired) electrons. The normalized spacial score (nSPS) is 19.9. The third-order valence-electron chi connectivity index (χ3n) is 4.96. The molecule has 2 aliphatic heterocycles. The number of hydrogen-bond acceptors (Lipinski definition) is 6. The second kappa shape index (κ2) is 7.67. The fourth-order valence-electron chi connectivity index (χ4n) is 3.44. The van der Waals surface area contributed by atoms with Crippen LogP contribution in [0, 0.1) is 0 Å². The molecule has 1 unspecified atom stereocenters. The van der Waals surface area contributed by atoms with E-state index in [1.165, 1.54) is 11.3 Å². The minimum Gasteiger partial charge on any atom is -0.377 e. The Morgan fingerprint density at radius 2 is 2.26 bits per heavy atom. The Kier molecular flexibility index (Phi) is 5.27. The molecule has 2 aromatic rings. The number of nitrogens with one attached hydrogen (secondary N) is 1. The fourth-order valence-corrected chi connectivity index (χ4v) is 5.08. The van der Waals surface area contributed by atoms with E-state index >= 15 is 0 Å². The van der Waals surface area contributed by atoms with Crippen molar-refractivity contribution in [2.75, 3.05) is 19.7 Å². The van der Waals surface area contributed by atoms with Crippen LogP contribution in [0.15, 0.2) is 34.0 Å². The summed E-state index contributed by atoms with van der Waals surface area (Å²) in [6.45, 7) is 2.02. The molecule has 3 heterocycles. The van der Waals surface area contributed by atoms with Gasteiger partial charge in [0.2, 0.25) is 10.0 Å². The smallest absolute Gasteiger partial charge is 0.273 e. The Labute approximate surface area is 162 Å². The van der Waals surface area contributed by atoms with Gasteiger partial charge in [-0.1, -0.05) is 6.07 Å². The van der Waals surface area contributed by atoms with Crippen molar-refractivity contribution >= 4 is 27.3 Å². The lowest BCUT2D eigenvalue weighted by Crippen LogP contribution is -2.36. The summed E-state index contributed by atoms with van der Waals surface area (Å²) in [6, 6.07) is 5.13. The van der Waals surface area contributed by atoms with Crippen molar-refractivity contribution in [2.24, 2.45) is 0 Å². The van der Waals surface area contributed by atoms with Crippen LogP contribution in [0.3, 0.4) is 0 Å². The minimum atomic E-state index is -3.57. The second-order valence-corrected chi connectivity index (χ2v) is 9.25. The maximum atomic E-state index is 12.6. The number of carbonyl (C=O) groups excluding carboxylic acids is 1. The summed E-state index contributed by atoms with van der Waals surface area (Å²) in [7, 11) is -3.57. The highest BCUT2D eigenvalue weighted by Gasteiger charge is 2.25. The van der Waals surface area contributed by atoms with E-state index in [9.17, 15) is 13.2 Å². The first kappa shape index (κ1) is 18.5. The van der Waals surface area contributed by atoms with Gasteiger partial charge in [0.1, 0.15) is 5.69 Å². The Morgan fingerprint density at radius 1 is 1.37 bits per heavy atom. The van der Waals surface area contributed by atoms with E-state index in [4.69, 9.17) is 4.74 Å². The zero-order valence-corrected chi connectivity index (χ0v) is 16.4. The maximum Gasteiger partial charge on any atom is 0.273 e. The average molecular weight is 408 g/mol. The SMILES string of the molecule is O=C(c1cscn1)N1CCc2cc(S(=O)(=O)NCC3CCCO3)ccc2C1. The van der Waals surface area contributed by atoms with Gasteiger partial charge in [-0.05, 0) is 42.5 Å². The average Bonchev–Trinajstić information content (AvgIpc) is 3.39. The number of nitrogens with zero attached hydrogens (tertiary/aromatic N) is 2. The molecule has 1 aromatic carbocycles. The number of carbonyl (C=O) groups is 1. The zero-order valence-electron chi connectivity index (χ0n) is 14.8. The van der Waals surface area contributed by atoms with Gasteiger partial charge in [-0.2, -0.15) is 0 Å². The first-order chi connectivity index (χ1) is 13.0. The summed E-state index contributed by atoms with van der Waals surface area (Å²) in [5, 5.41) is 1.74. The van der Waals surface area contributed by atoms with Gasteiger partial charge >= 0.3 is 0 Å². The summed E-state index contributed by atoms with van der Waals surface area (Å²) in [4.78, 5) is 18.6. The van der Waals surface area contributed by atoms with Crippen LogP contribution in [-0.2, 0) is 27.7 Å². The summed E-state index contributed by atoms with van der Waals surface area (Å²) in [5.74, 6) is -0.0863. The molecule has 0 spiro atoms. The van der Waals surface area contributed by atoms with E-state index in [1.807, 2.05) is 0 Å². The lowest BCUT2D eigenvalue weighted by molar-refractivity contribution is 0.0729. The molecule has 0 saturated carbocycles. The van der Waals surface area contributed by atoms with Gasteiger partial charge < -0.3 is 9.64 Å². The first-order valence-electron chi connectivity index (χ1n) is 8.93. The van der Waals surface area contributed by atoms with E-state index in [2.05, 4.69) is 9.71 Å². The zero-order chi connectivity index (χ0) is 18.9. The number of rotatable bonds is 5. The first-order valence-corrected chi connectivity index (χ1v) is 11.4. The molecular weight excluding hydrogens is 386 g/mol. The van der Waals surface area contributed by atoms with Crippen molar-refractivity contribution in [1.82, 2.24) is 14.6 Å². The highest BCUT2D eigenvalue weighted by molar-refractivity contribution is 7.89. The molecular formula is C18H21N3O4S2. The predicted molar refractivity (Wildman–Crippen MR) is 101 cm³/mol. The summed E-state index contributed by atoms with van der Waals surface area (Å²) in [5.41, 5.74) is 4.05. The van der Waals surface area contributed by atoms with Crippen LogP contribution in [0.25, 0.3) is 0 Å². The number of fused-ring (bicyclic) bond motifs is 1. The second-order valence-electron chi connectivity index (χ2n) is 6.77. The minimum absolute atomic E-state index is 0.0392. The molecule has 144 valence electrons. The van der Waals surface area contributed by atoms with Crippen LogP contribution >= 0.6 is 11.3 Å². The molecule has 0 bridgehead atoms. The lowest BCUT2D eigenvalue weighted by atomic mass is 10.00. The van der Waals surface area contributed by atoms with E-state index in [-0.39, 0.29) is 16.9 Å². The molecule has 4 rings (SSSR count). The lowest BCUT2D eigenvalue weighted by Gasteiger charge is -2.28. The Balaban J connectivity index is 1.45. The third kappa shape index (κ3) is 4.06. The number of thiazole rings is 1. The van der Waals surface area contributed by atoms with Crippen molar-refractivity contribution in [3.05, 3.63) is 45.9 Å². The van der Waals surface area contributed by atoms with Gasteiger partial charge in [-0.3, -0.25) is 4.79 Å².